The topological polar surface area (TPSA) is 245 Å². The maximum Gasteiger partial charge on any atom is 0.329 e. The highest BCUT2D eigenvalue weighted by Gasteiger charge is 2.36. The van der Waals surface area contributed by atoms with Gasteiger partial charge in [0.05, 0.1) is 16.9 Å². The van der Waals surface area contributed by atoms with Gasteiger partial charge in [0, 0.05) is 30.6 Å². The summed E-state index contributed by atoms with van der Waals surface area (Å²) >= 11 is 0. The van der Waals surface area contributed by atoms with E-state index in [9.17, 15) is 39.0 Å². The lowest BCUT2D eigenvalue weighted by atomic mass is 9.94. The zero-order chi connectivity index (χ0) is 34.5. The third-order valence-corrected chi connectivity index (χ3v) is 8.33. The summed E-state index contributed by atoms with van der Waals surface area (Å²) < 4.78 is 0. The molecule has 0 spiro atoms. The fourth-order valence-corrected chi connectivity index (χ4v) is 5.77. The molecular weight excluding hydrogens is 612 g/mol. The standard InChI is InChI=1S/C32H38N6O9/c1-3-14-38(24-10-6-18-15-23-21(16-20(18)24)28(43)36-31(33)35-23)19-7-4-17(5-8-19)27(42)37-32(2,30(46)47)13-12-25(39)34-22(29(44)45)9-11-26(40)41/h4-5,7-8,15-16,22,24H,3,6,9-14H2,1-2H3,(H,34,39)(H,37,42)(H,40,41)(H,44,45)(H,46,47)(H3,33,35,36,43)/t22-,24?,32-/m1/s1. The third kappa shape index (κ3) is 8.04. The number of hydrogen-bond acceptors (Lipinski definition) is 9. The zero-order valence-corrected chi connectivity index (χ0v) is 26.0. The molecule has 2 amide bonds. The molecule has 0 saturated carbocycles. The molecule has 0 fully saturated rings. The van der Waals surface area contributed by atoms with Crippen LogP contribution in [0.5, 0.6) is 0 Å². The second-order valence-corrected chi connectivity index (χ2v) is 11.8. The van der Waals surface area contributed by atoms with E-state index in [1.165, 1.54) is 6.92 Å². The molecular formula is C32H38N6O9. The van der Waals surface area contributed by atoms with Crippen LogP contribution in [0.15, 0.2) is 41.2 Å². The number of hydrogen-bond donors (Lipinski definition) is 7. The molecule has 15 heteroatoms. The minimum atomic E-state index is -1.87. The molecule has 1 unspecified atom stereocenters. The summed E-state index contributed by atoms with van der Waals surface area (Å²) in [5.41, 5.74) is 7.21. The van der Waals surface area contributed by atoms with Crippen molar-refractivity contribution in [2.45, 2.75) is 76.4 Å². The summed E-state index contributed by atoms with van der Waals surface area (Å²) in [4.78, 5) is 81.5. The van der Waals surface area contributed by atoms with Crippen molar-refractivity contribution in [3.63, 3.8) is 0 Å². The molecule has 47 heavy (non-hydrogen) atoms. The molecule has 2 aromatic carbocycles. The molecule has 1 heterocycles. The minimum absolute atomic E-state index is 0.0303. The van der Waals surface area contributed by atoms with Gasteiger partial charge in [-0.3, -0.25) is 24.2 Å². The number of aromatic nitrogens is 2. The van der Waals surface area contributed by atoms with Crippen LogP contribution in [0, 0.1) is 0 Å². The summed E-state index contributed by atoms with van der Waals surface area (Å²) in [6.45, 7) is 3.99. The number of nitrogens with one attached hydrogen (secondary N) is 3. The zero-order valence-electron chi connectivity index (χ0n) is 26.0. The number of nitrogen functional groups attached to an aromatic ring is 1. The lowest BCUT2D eigenvalue weighted by Gasteiger charge is -2.32. The molecule has 0 saturated heterocycles. The first-order valence-corrected chi connectivity index (χ1v) is 15.2. The van der Waals surface area contributed by atoms with Crippen LogP contribution in [0.1, 0.15) is 79.9 Å². The van der Waals surface area contributed by atoms with Crippen molar-refractivity contribution in [2.24, 2.45) is 0 Å². The monoisotopic (exact) mass is 650 g/mol. The van der Waals surface area contributed by atoms with Gasteiger partial charge in [-0.15, -0.1) is 0 Å². The molecule has 8 N–H and O–H groups in total. The van der Waals surface area contributed by atoms with E-state index < -0.39 is 54.1 Å². The van der Waals surface area contributed by atoms with Crippen LogP contribution in [-0.4, -0.2) is 73.1 Å². The van der Waals surface area contributed by atoms with E-state index in [-0.39, 0.29) is 36.0 Å². The van der Waals surface area contributed by atoms with Gasteiger partial charge in [0.2, 0.25) is 11.9 Å². The normalized spacial score (nSPS) is 15.7. The maximum atomic E-state index is 13.2. The molecule has 1 aliphatic carbocycles. The summed E-state index contributed by atoms with van der Waals surface area (Å²) in [6, 6.07) is 8.99. The van der Waals surface area contributed by atoms with E-state index in [4.69, 9.17) is 10.8 Å². The van der Waals surface area contributed by atoms with Gasteiger partial charge in [-0.1, -0.05) is 6.92 Å². The van der Waals surface area contributed by atoms with Gasteiger partial charge in [0.1, 0.15) is 11.6 Å². The van der Waals surface area contributed by atoms with Crippen LogP contribution in [0.25, 0.3) is 10.9 Å². The number of fused-ring (bicyclic) bond motifs is 2. The number of amides is 2. The lowest BCUT2D eigenvalue weighted by molar-refractivity contribution is -0.145. The number of carboxylic acids is 3. The number of nitrogens with zero attached hydrogens (tertiary/aromatic N) is 2. The summed E-state index contributed by atoms with van der Waals surface area (Å²) in [5.74, 6) is -5.46. The van der Waals surface area contributed by atoms with E-state index in [1.807, 2.05) is 19.1 Å². The van der Waals surface area contributed by atoms with Gasteiger partial charge in [-0.05, 0) is 86.6 Å². The molecule has 3 atom stereocenters. The van der Waals surface area contributed by atoms with E-state index >= 15 is 0 Å². The first kappa shape index (κ1) is 34.4. The van der Waals surface area contributed by atoms with Gasteiger partial charge in [-0.25, -0.2) is 14.6 Å². The van der Waals surface area contributed by atoms with Crippen LogP contribution < -0.4 is 26.8 Å². The average molecular weight is 651 g/mol. The van der Waals surface area contributed by atoms with Gasteiger partial charge in [0.15, 0.2) is 0 Å². The SMILES string of the molecule is CCCN(c1ccc(C(=O)N[C@](C)(CCC(=O)N[C@H](CCC(=O)O)C(=O)O)C(=O)O)cc1)C1CCc2cc3nc(N)[nH]c(=O)c3cc21. The van der Waals surface area contributed by atoms with E-state index in [1.54, 1.807) is 24.3 Å². The van der Waals surface area contributed by atoms with Crippen LogP contribution in [0.3, 0.4) is 0 Å². The number of benzene rings is 2. The van der Waals surface area contributed by atoms with E-state index in [2.05, 4.69) is 25.5 Å². The molecule has 15 nitrogen and oxygen atoms in total. The Morgan fingerprint density at radius 2 is 1.81 bits per heavy atom. The molecule has 0 bridgehead atoms. The number of anilines is 2. The number of aliphatic carboxylic acids is 3. The fourth-order valence-electron chi connectivity index (χ4n) is 5.77. The van der Waals surface area contributed by atoms with Crippen molar-refractivity contribution in [1.82, 2.24) is 20.6 Å². The maximum absolute atomic E-state index is 13.2. The first-order valence-electron chi connectivity index (χ1n) is 15.2. The molecule has 1 aromatic heterocycles. The van der Waals surface area contributed by atoms with Crippen molar-refractivity contribution in [3.05, 3.63) is 63.4 Å². The second kappa shape index (κ2) is 14.3. The van der Waals surface area contributed by atoms with E-state index in [0.717, 1.165) is 36.1 Å². The van der Waals surface area contributed by atoms with Gasteiger partial charge in [0.25, 0.3) is 11.5 Å². The van der Waals surface area contributed by atoms with Crippen molar-refractivity contribution in [3.8, 4) is 0 Å². The Balaban J connectivity index is 1.46. The molecule has 1 aliphatic rings. The smallest absolute Gasteiger partial charge is 0.329 e. The highest BCUT2D eigenvalue weighted by Crippen LogP contribution is 2.40. The highest BCUT2D eigenvalue weighted by atomic mass is 16.4. The van der Waals surface area contributed by atoms with Crippen LogP contribution >= 0.6 is 0 Å². The third-order valence-electron chi connectivity index (χ3n) is 8.33. The van der Waals surface area contributed by atoms with Gasteiger partial charge < -0.3 is 36.6 Å². The van der Waals surface area contributed by atoms with Crippen LogP contribution in [-0.2, 0) is 25.6 Å². The predicted octanol–water partition coefficient (Wildman–Crippen LogP) is 2.20. The molecule has 250 valence electrons. The van der Waals surface area contributed by atoms with Crippen molar-refractivity contribution >= 4 is 52.3 Å². The van der Waals surface area contributed by atoms with Crippen LogP contribution in [0.2, 0.25) is 0 Å². The summed E-state index contributed by atoms with van der Waals surface area (Å²) in [6.07, 6.45) is 0.819. The number of rotatable bonds is 15. The summed E-state index contributed by atoms with van der Waals surface area (Å²) in [5, 5.41) is 33.1. The summed E-state index contributed by atoms with van der Waals surface area (Å²) in [7, 11) is 0. The number of nitrogens with two attached hydrogens (primary N) is 1. The number of H-pyrrole nitrogens is 1. The number of aromatic amines is 1. The quantitative estimate of drug-likeness (QED) is 0.125. The predicted molar refractivity (Wildman–Crippen MR) is 171 cm³/mol. The Morgan fingerprint density at radius 1 is 1.11 bits per heavy atom. The number of carbonyl (C=O) groups excluding carboxylic acids is 2. The van der Waals surface area contributed by atoms with Crippen molar-refractivity contribution in [1.29, 1.82) is 0 Å². The van der Waals surface area contributed by atoms with Crippen molar-refractivity contribution < 1.29 is 39.3 Å². The Hall–Kier alpha value is -5.47. The largest absolute Gasteiger partial charge is 0.481 e. The Morgan fingerprint density at radius 3 is 2.43 bits per heavy atom. The average Bonchev–Trinajstić information content (AvgIpc) is 3.42. The van der Waals surface area contributed by atoms with Crippen LogP contribution in [0.4, 0.5) is 11.6 Å². The van der Waals surface area contributed by atoms with E-state index in [0.29, 0.717) is 17.4 Å². The molecule has 0 radical (unpaired) electrons. The Bertz CT molecular complexity index is 1760. The lowest BCUT2D eigenvalue weighted by Crippen LogP contribution is -2.53. The number of carboxylic acid groups (broad SMARTS) is 3. The number of aryl methyl sites for hydroxylation is 1. The van der Waals surface area contributed by atoms with Gasteiger partial charge in [-0.2, -0.15) is 0 Å². The van der Waals surface area contributed by atoms with Crippen molar-refractivity contribution in [2.75, 3.05) is 17.2 Å². The molecule has 3 aromatic rings. The number of carbonyl (C=O) groups is 5. The van der Waals surface area contributed by atoms with Gasteiger partial charge >= 0.3 is 17.9 Å². The Labute approximate surface area is 269 Å². The fraction of sp³-hybridized carbons (Fsp3) is 0.406. The molecule has 4 rings (SSSR count). The highest BCUT2D eigenvalue weighted by molar-refractivity contribution is 5.98. The second-order valence-electron chi connectivity index (χ2n) is 11.8. The minimum Gasteiger partial charge on any atom is -0.481 e. The Kier molecular flexibility index (Phi) is 10.5. The molecule has 0 aliphatic heterocycles. The first-order chi connectivity index (χ1) is 22.2.